The Balaban J connectivity index is 8.23. The lowest BCUT2D eigenvalue weighted by Crippen LogP contribution is -2.66. The Kier molecular flexibility index (Phi) is 12.3. The van der Waals surface area contributed by atoms with Crippen molar-refractivity contribution in [3.8, 4) is 0 Å². The highest BCUT2D eigenvalue weighted by Crippen LogP contribution is 2.66. The second kappa shape index (κ2) is 12.0. The normalized spacial score (nSPS) is 16.2. The molecular formula is C6H20O24P6. The van der Waals surface area contributed by atoms with Gasteiger partial charge in [-0.3, -0.25) is 4.52 Å². The smallest absolute Gasteiger partial charge is 0.303 e. The summed E-state index contributed by atoms with van der Waals surface area (Å²) in [6.45, 7) is 1.02. The molecule has 0 aromatic heterocycles. The zero-order valence-electron chi connectivity index (χ0n) is 16.9. The second-order valence-corrected chi connectivity index (χ2v) is 13.0. The van der Waals surface area contributed by atoms with Gasteiger partial charge in [0.25, 0.3) is 5.79 Å². The molecule has 0 heterocycles. The third kappa shape index (κ3) is 13.6. The molecule has 0 aliphatic heterocycles. The van der Waals surface area contributed by atoms with Crippen LogP contribution in [0.4, 0.5) is 0 Å². The molecule has 0 radical (unpaired) electrons. The predicted octanol–water partition coefficient (Wildman–Crippen LogP) is -1.84. The van der Waals surface area contributed by atoms with Gasteiger partial charge in [0.1, 0.15) is 6.10 Å². The van der Waals surface area contributed by atoms with E-state index in [4.69, 9.17) is 9.79 Å². The maximum Gasteiger partial charge on any atom is 0.474 e. The van der Waals surface area contributed by atoms with Crippen molar-refractivity contribution in [2.75, 3.05) is 0 Å². The molecule has 0 aliphatic rings. The maximum atomic E-state index is 11.7. The average molecular weight is 662 g/mol. The highest BCUT2D eigenvalue weighted by atomic mass is 31.2. The van der Waals surface area contributed by atoms with Crippen LogP contribution in [0.3, 0.4) is 0 Å². The van der Waals surface area contributed by atoms with Gasteiger partial charge in [0.05, 0.1) is 0 Å². The van der Waals surface area contributed by atoms with E-state index in [0.717, 1.165) is 6.92 Å². The van der Waals surface area contributed by atoms with E-state index in [1.165, 1.54) is 0 Å². The zero-order chi connectivity index (χ0) is 29.2. The van der Waals surface area contributed by atoms with Crippen LogP contribution in [0.15, 0.2) is 0 Å². The highest BCUT2D eigenvalue weighted by Gasteiger charge is 2.74. The molecule has 0 aromatic carbocycles. The molecule has 24 nitrogen and oxygen atoms in total. The van der Waals surface area contributed by atoms with Gasteiger partial charge in [0.15, 0.2) is 0 Å². The van der Waals surface area contributed by atoms with Crippen molar-refractivity contribution in [3.63, 3.8) is 0 Å². The predicted molar refractivity (Wildman–Crippen MR) is 103 cm³/mol. The van der Waals surface area contributed by atoms with E-state index in [2.05, 4.69) is 27.1 Å². The molecule has 0 fully saturated rings. The van der Waals surface area contributed by atoms with E-state index in [0.29, 0.717) is 0 Å². The summed E-state index contributed by atoms with van der Waals surface area (Å²) in [5.74, 6) is -10.5. The summed E-state index contributed by atoms with van der Waals surface area (Å²) in [5.41, 5.74) is 0. The first-order valence-corrected chi connectivity index (χ1v) is 17.2. The van der Waals surface area contributed by atoms with Crippen LogP contribution >= 0.6 is 46.9 Å². The van der Waals surface area contributed by atoms with E-state index < -0.39 is 77.6 Å². The molecule has 218 valence electrons. The molecular weight excluding hydrogens is 642 g/mol. The Morgan fingerprint density at radius 2 is 0.806 bits per heavy atom. The van der Waals surface area contributed by atoms with Crippen LogP contribution < -0.4 is 0 Å². The summed E-state index contributed by atoms with van der Waals surface area (Å²) in [5, 5.41) is 0. The topological polar surface area (TPSA) is 401 Å². The van der Waals surface area contributed by atoms with Crippen molar-refractivity contribution in [1.82, 2.24) is 0 Å². The van der Waals surface area contributed by atoms with E-state index in [-0.39, 0.29) is 0 Å². The summed E-state index contributed by atoms with van der Waals surface area (Å²) >= 11 is 0. The standard InChI is InChI=1S/C6H20O24P6/c1-2-3-4(25-31(7,8)9)5(26-32(10,11)12,27-33(13,14)15)6(28-34(16,17)18,29-35(19,20)21)30-36(22,23)24/h4H,2-3H2,1H3,(H2,7,8,9)(H2,10,11,12)(H2,13,14,15)(H2,16,17,18)(H2,19,20,21)(H2,22,23,24). The molecule has 36 heavy (non-hydrogen) atoms. The number of hydrogen-bond acceptors (Lipinski definition) is 12. The number of phosphoric ester groups is 6. The summed E-state index contributed by atoms with van der Waals surface area (Å²) < 4.78 is 92.2. The fourth-order valence-corrected chi connectivity index (χ4v) is 5.84. The molecule has 30 heteroatoms. The SMILES string of the molecule is CCCC(OP(=O)(O)O)C(OP(=O)(O)O)(OP(=O)(O)O)C(OP(=O)(O)O)(OP(=O)(O)O)OP(=O)(O)O. The Morgan fingerprint density at radius 1 is 0.528 bits per heavy atom. The van der Waals surface area contributed by atoms with Crippen molar-refractivity contribution in [2.24, 2.45) is 0 Å². The Morgan fingerprint density at radius 3 is 1.00 bits per heavy atom. The molecule has 0 saturated carbocycles. The minimum atomic E-state index is -6.65. The third-order valence-electron chi connectivity index (χ3n) is 2.89. The van der Waals surface area contributed by atoms with Gasteiger partial charge in [-0.05, 0) is 6.42 Å². The quantitative estimate of drug-likeness (QED) is 0.0638. The molecule has 0 amide bonds. The van der Waals surface area contributed by atoms with Crippen molar-refractivity contribution in [3.05, 3.63) is 0 Å². The van der Waals surface area contributed by atoms with Crippen LogP contribution in [0.2, 0.25) is 0 Å². The lowest BCUT2D eigenvalue weighted by Gasteiger charge is -2.48. The largest absolute Gasteiger partial charge is 0.474 e. The lowest BCUT2D eigenvalue weighted by atomic mass is 10.0. The van der Waals surface area contributed by atoms with Gasteiger partial charge >= 0.3 is 52.9 Å². The van der Waals surface area contributed by atoms with Crippen molar-refractivity contribution >= 4 is 46.9 Å². The first kappa shape index (κ1) is 36.7. The van der Waals surface area contributed by atoms with Gasteiger partial charge in [-0.25, -0.2) is 50.0 Å². The molecule has 0 spiro atoms. The molecule has 0 aliphatic carbocycles. The molecule has 0 rings (SSSR count). The summed E-state index contributed by atoms with van der Waals surface area (Å²) in [6.07, 6.45) is -5.26. The first-order chi connectivity index (χ1) is 15.5. The minimum absolute atomic E-state index is 0.598. The molecule has 0 saturated heterocycles. The fraction of sp³-hybridized carbons (Fsp3) is 1.00. The fourth-order valence-electron chi connectivity index (χ4n) is 2.25. The van der Waals surface area contributed by atoms with Crippen molar-refractivity contribution < 1.29 is 113 Å². The monoisotopic (exact) mass is 662 g/mol. The molecule has 1 atom stereocenters. The van der Waals surface area contributed by atoms with Gasteiger partial charge in [0, 0.05) is 0 Å². The van der Waals surface area contributed by atoms with Crippen LogP contribution in [-0.4, -0.2) is 76.6 Å². The van der Waals surface area contributed by atoms with E-state index >= 15 is 0 Å². The van der Waals surface area contributed by atoms with Crippen molar-refractivity contribution in [2.45, 2.75) is 37.6 Å². The van der Waals surface area contributed by atoms with Gasteiger partial charge < -0.3 is 58.7 Å². The van der Waals surface area contributed by atoms with Crippen LogP contribution in [-0.2, 0) is 54.5 Å². The minimum Gasteiger partial charge on any atom is -0.303 e. The summed E-state index contributed by atoms with van der Waals surface area (Å²) in [7, 11) is -39.3. The second-order valence-electron chi connectivity index (χ2n) is 6.01. The number of rotatable bonds is 16. The van der Waals surface area contributed by atoms with Crippen LogP contribution in [0.5, 0.6) is 0 Å². The van der Waals surface area contributed by atoms with E-state index in [1.54, 1.807) is 0 Å². The molecule has 0 aromatic rings. The van der Waals surface area contributed by atoms with Crippen molar-refractivity contribution in [1.29, 1.82) is 0 Å². The number of phosphoric acid groups is 6. The Bertz CT molecular complexity index is 944. The summed E-state index contributed by atoms with van der Waals surface area (Å²) in [6, 6.07) is 0. The summed E-state index contributed by atoms with van der Waals surface area (Å²) in [4.78, 5) is 110. The average Bonchev–Trinajstić information content (AvgIpc) is 2.43. The molecule has 12 N–H and O–H groups in total. The third-order valence-corrected chi connectivity index (χ3v) is 5.87. The maximum absolute atomic E-state index is 11.7. The van der Waals surface area contributed by atoms with Crippen LogP contribution in [0.1, 0.15) is 19.8 Å². The van der Waals surface area contributed by atoms with Gasteiger partial charge in [-0.2, -0.15) is 0 Å². The van der Waals surface area contributed by atoms with Crippen LogP contribution in [0.25, 0.3) is 0 Å². The molecule has 0 bridgehead atoms. The number of hydrogen-bond donors (Lipinski definition) is 12. The van der Waals surface area contributed by atoms with E-state index in [1.807, 2.05) is 0 Å². The zero-order valence-corrected chi connectivity index (χ0v) is 22.3. The first-order valence-electron chi connectivity index (χ1n) is 8.00. The van der Waals surface area contributed by atoms with Crippen LogP contribution in [0, 0.1) is 0 Å². The highest BCUT2D eigenvalue weighted by molar-refractivity contribution is 7.48. The van der Waals surface area contributed by atoms with Gasteiger partial charge in [0.2, 0.25) is 0 Å². The van der Waals surface area contributed by atoms with E-state index in [9.17, 15) is 76.3 Å². The molecule has 1 unspecified atom stereocenters. The lowest BCUT2D eigenvalue weighted by molar-refractivity contribution is -0.421. The van der Waals surface area contributed by atoms with Gasteiger partial charge in [-0.15, -0.1) is 0 Å². The Hall–Kier alpha value is 0.660. The van der Waals surface area contributed by atoms with Gasteiger partial charge in [-0.1, -0.05) is 13.3 Å². The Labute approximate surface area is 198 Å².